The molecular weight excluding hydrogens is 294 g/mol. The minimum atomic E-state index is -0.476. The van der Waals surface area contributed by atoms with Crippen molar-refractivity contribution in [2.75, 3.05) is 26.7 Å². The summed E-state index contributed by atoms with van der Waals surface area (Å²) in [5.41, 5.74) is 0.354. The fraction of sp³-hybridized carbons (Fsp3) is 0.500. The Morgan fingerprint density at radius 3 is 2.67 bits per heavy atom. The van der Waals surface area contributed by atoms with Crippen LogP contribution in [0, 0.1) is 16.0 Å². The van der Waals surface area contributed by atoms with Crippen molar-refractivity contribution in [2.24, 2.45) is 5.92 Å². The van der Waals surface area contributed by atoms with E-state index in [0.717, 1.165) is 19.4 Å². The van der Waals surface area contributed by atoms with Crippen LogP contribution in [0.15, 0.2) is 24.3 Å². The van der Waals surface area contributed by atoms with Crippen molar-refractivity contribution in [3.63, 3.8) is 0 Å². The molecule has 116 valence electrons. The highest BCUT2D eigenvalue weighted by atomic mass is 35.5. The molecule has 0 aromatic heterocycles. The quantitative estimate of drug-likeness (QED) is 0.682. The van der Waals surface area contributed by atoms with Gasteiger partial charge >= 0.3 is 0 Å². The Kier molecular flexibility index (Phi) is 6.58. The largest absolute Gasteiger partial charge is 0.339 e. The first-order valence-electron chi connectivity index (χ1n) is 6.80. The van der Waals surface area contributed by atoms with Gasteiger partial charge in [-0.3, -0.25) is 14.9 Å². The summed E-state index contributed by atoms with van der Waals surface area (Å²) in [6, 6.07) is 5.94. The van der Waals surface area contributed by atoms with Gasteiger partial charge in [0.2, 0.25) is 0 Å². The normalized spacial score (nSPS) is 15.4. The van der Waals surface area contributed by atoms with Crippen LogP contribution in [-0.4, -0.2) is 42.4 Å². The van der Waals surface area contributed by atoms with E-state index in [9.17, 15) is 14.9 Å². The van der Waals surface area contributed by atoms with Crippen molar-refractivity contribution in [2.45, 2.75) is 12.8 Å². The molecule has 0 atom stereocenters. The maximum Gasteiger partial charge on any atom is 0.270 e. The number of halogens is 1. The second-order valence-electron chi connectivity index (χ2n) is 5.10. The standard InChI is InChI=1S/C14H19N3O3.ClH/c1-15-10-11-5-7-16(8-6-11)14(18)12-3-2-4-13(9-12)17(19)20;/h2-4,9,11,15H,5-8,10H2,1H3;1H. The predicted octanol–water partition coefficient (Wildman–Crippen LogP) is 2.09. The van der Waals surface area contributed by atoms with E-state index in [1.54, 1.807) is 17.0 Å². The Balaban J connectivity index is 0.00000220. The second kappa shape index (κ2) is 7.95. The number of likely N-dealkylation sites (tertiary alicyclic amines) is 1. The number of nitrogens with zero attached hydrogens (tertiary/aromatic N) is 2. The summed E-state index contributed by atoms with van der Waals surface area (Å²) < 4.78 is 0. The number of hydrogen-bond donors (Lipinski definition) is 1. The lowest BCUT2D eigenvalue weighted by Gasteiger charge is -2.32. The highest BCUT2D eigenvalue weighted by Crippen LogP contribution is 2.20. The number of carbonyl (C=O) groups is 1. The van der Waals surface area contributed by atoms with Crippen molar-refractivity contribution in [3.8, 4) is 0 Å². The summed E-state index contributed by atoms with van der Waals surface area (Å²) in [5.74, 6) is 0.491. The van der Waals surface area contributed by atoms with Gasteiger partial charge in [0.15, 0.2) is 0 Å². The van der Waals surface area contributed by atoms with E-state index in [-0.39, 0.29) is 24.0 Å². The number of rotatable bonds is 4. The number of nitrogens with one attached hydrogen (secondary N) is 1. The molecule has 0 spiro atoms. The zero-order chi connectivity index (χ0) is 14.5. The minimum absolute atomic E-state index is 0. The molecule has 2 rings (SSSR count). The van der Waals surface area contributed by atoms with Gasteiger partial charge in [-0.05, 0) is 38.4 Å². The number of benzene rings is 1. The molecule has 1 aliphatic rings. The molecule has 1 aromatic carbocycles. The third-order valence-corrected chi connectivity index (χ3v) is 3.70. The van der Waals surface area contributed by atoms with Crippen LogP contribution in [0.3, 0.4) is 0 Å². The van der Waals surface area contributed by atoms with Crippen molar-refractivity contribution in [3.05, 3.63) is 39.9 Å². The van der Waals surface area contributed by atoms with Crippen LogP contribution in [-0.2, 0) is 0 Å². The minimum Gasteiger partial charge on any atom is -0.339 e. The second-order valence-corrected chi connectivity index (χ2v) is 5.10. The van der Waals surface area contributed by atoms with E-state index >= 15 is 0 Å². The zero-order valence-electron chi connectivity index (χ0n) is 11.9. The Labute approximate surface area is 130 Å². The number of hydrogen-bond acceptors (Lipinski definition) is 4. The number of amides is 1. The molecule has 1 aromatic rings. The van der Waals surface area contributed by atoms with Crippen LogP contribution in [0.25, 0.3) is 0 Å². The van der Waals surface area contributed by atoms with E-state index in [4.69, 9.17) is 0 Å². The molecule has 1 amide bonds. The number of nitro benzene ring substituents is 1. The van der Waals surface area contributed by atoms with Gasteiger partial charge < -0.3 is 10.2 Å². The van der Waals surface area contributed by atoms with Crippen molar-refractivity contribution in [1.82, 2.24) is 10.2 Å². The van der Waals surface area contributed by atoms with Gasteiger partial charge in [-0.25, -0.2) is 0 Å². The summed E-state index contributed by atoms with van der Waals surface area (Å²) in [5, 5.41) is 13.9. The molecule has 0 bridgehead atoms. The molecule has 1 heterocycles. The van der Waals surface area contributed by atoms with E-state index < -0.39 is 4.92 Å². The first-order chi connectivity index (χ1) is 9.61. The molecule has 6 nitrogen and oxygen atoms in total. The summed E-state index contributed by atoms with van der Waals surface area (Å²) >= 11 is 0. The van der Waals surface area contributed by atoms with Gasteiger partial charge in [-0.2, -0.15) is 0 Å². The fourth-order valence-electron chi connectivity index (χ4n) is 2.56. The van der Waals surface area contributed by atoms with Crippen molar-refractivity contribution < 1.29 is 9.72 Å². The molecule has 0 radical (unpaired) electrons. The molecule has 0 saturated carbocycles. The molecule has 0 unspecified atom stereocenters. The lowest BCUT2D eigenvalue weighted by atomic mass is 9.96. The summed E-state index contributed by atoms with van der Waals surface area (Å²) in [4.78, 5) is 24.4. The van der Waals surface area contributed by atoms with Crippen LogP contribution >= 0.6 is 12.4 Å². The monoisotopic (exact) mass is 313 g/mol. The molecule has 21 heavy (non-hydrogen) atoms. The molecule has 1 fully saturated rings. The van der Waals surface area contributed by atoms with Gasteiger partial charge in [-0.15, -0.1) is 12.4 Å². The number of carbonyl (C=O) groups excluding carboxylic acids is 1. The topological polar surface area (TPSA) is 75.5 Å². The number of non-ortho nitro benzene ring substituents is 1. The van der Waals surface area contributed by atoms with Gasteiger partial charge in [0.1, 0.15) is 0 Å². The summed E-state index contributed by atoms with van der Waals surface area (Å²) in [7, 11) is 1.93. The van der Waals surface area contributed by atoms with Crippen LogP contribution in [0.1, 0.15) is 23.2 Å². The predicted molar refractivity (Wildman–Crippen MR) is 82.9 cm³/mol. The average molecular weight is 314 g/mol. The van der Waals surface area contributed by atoms with E-state index in [1.165, 1.54) is 12.1 Å². The molecule has 0 aliphatic carbocycles. The van der Waals surface area contributed by atoms with Gasteiger partial charge in [0.25, 0.3) is 11.6 Å². The maximum atomic E-state index is 12.3. The first kappa shape index (κ1) is 17.4. The third kappa shape index (κ3) is 4.41. The van der Waals surface area contributed by atoms with Crippen molar-refractivity contribution >= 4 is 24.0 Å². The Morgan fingerprint density at radius 2 is 2.10 bits per heavy atom. The van der Waals surface area contributed by atoms with Crippen LogP contribution in [0.4, 0.5) is 5.69 Å². The number of piperidine rings is 1. The molecule has 7 heteroatoms. The van der Waals surface area contributed by atoms with E-state index in [2.05, 4.69) is 5.32 Å². The van der Waals surface area contributed by atoms with Crippen molar-refractivity contribution in [1.29, 1.82) is 0 Å². The van der Waals surface area contributed by atoms with Crippen LogP contribution in [0.2, 0.25) is 0 Å². The Hall–Kier alpha value is -1.66. The highest BCUT2D eigenvalue weighted by molar-refractivity contribution is 5.94. The third-order valence-electron chi connectivity index (χ3n) is 3.70. The zero-order valence-corrected chi connectivity index (χ0v) is 12.8. The molecule has 1 saturated heterocycles. The maximum absolute atomic E-state index is 12.3. The van der Waals surface area contributed by atoms with Crippen LogP contribution < -0.4 is 5.32 Å². The van der Waals surface area contributed by atoms with E-state index in [1.807, 2.05) is 7.05 Å². The molecule has 1 N–H and O–H groups in total. The van der Waals surface area contributed by atoms with E-state index in [0.29, 0.717) is 24.6 Å². The Morgan fingerprint density at radius 1 is 1.43 bits per heavy atom. The lowest BCUT2D eigenvalue weighted by molar-refractivity contribution is -0.384. The fourth-order valence-corrected chi connectivity index (χ4v) is 2.56. The van der Waals surface area contributed by atoms with Gasteiger partial charge in [-0.1, -0.05) is 6.07 Å². The van der Waals surface area contributed by atoms with Gasteiger partial charge in [0.05, 0.1) is 4.92 Å². The lowest BCUT2D eigenvalue weighted by Crippen LogP contribution is -2.40. The summed E-state index contributed by atoms with van der Waals surface area (Å²) in [6.07, 6.45) is 1.95. The van der Waals surface area contributed by atoms with Gasteiger partial charge in [0, 0.05) is 30.8 Å². The van der Waals surface area contributed by atoms with Crippen LogP contribution in [0.5, 0.6) is 0 Å². The number of nitro groups is 1. The Bertz CT molecular complexity index is 502. The first-order valence-corrected chi connectivity index (χ1v) is 6.80. The smallest absolute Gasteiger partial charge is 0.270 e. The molecule has 1 aliphatic heterocycles. The highest BCUT2D eigenvalue weighted by Gasteiger charge is 2.24. The average Bonchev–Trinajstić information content (AvgIpc) is 2.48. The SMILES string of the molecule is CNCC1CCN(C(=O)c2cccc([N+](=O)[O-])c2)CC1.Cl. The summed E-state index contributed by atoms with van der Waals surface area (Å²) in [6.45, 7) is 2.40. The molecular formula is C14H20ClN3O3.